The van der Waals surface area contributed by atoms with Crippen molar-refractivity contribution in [2.24, 2.45) is 5.92 Å². The minimum absolute atomic E-state index is 0.0446. The van der Waals surface area contributed by atoms with E-state index in [9.17, 15) is 19.2 Å². The van der Waals surface area contributed by atoms with Crippen molar-refractivity contribution in [2.75, 3.05) is 19.6 Å². The van der Waals surface area contributed by atoms with E-state index in [2.05, 4.69) is 30.3 Å². The van der Waals surface area contributed by atoms with E-state index < -0.39 is 18.0 Å². The lowest BCUT2D eigenvalue weighted by Crippen LogP contribution is -2.39. The third-order valence-corrected chi connectivity index (χ3v) is 8.90. The van der Waals surface area contributed by atoms with E-state index >= 15 is 0 Å². The van der Waals surface area contributed by atoms with Crippen molar-refractivity contribution >= 4 is 46.5 Å². The summed E-state index contributed by atoms with van der Waals surface area (Å²) >= 11 is 2.46. The highest BCUT2D eigenvalue weighted by Crippen LogP contribution is 2.27. The third-order valence-electron chi connectivity index (χ3n) is 7.38. The molecular weight excluding hydrogens is 615 g/mol. The van der Waals surface area contributed by atoms with Crippen molar-refractivity contribution in [2.45, 2.75) is 52.1 Å². The van der Waals surface area contributed by atoms with Crippen LogP contribution in [-0.2, 0) is 11.2 Å². The highest BCUT2D eigenvalue weighted by Gasteiger charge is 2.29. The van der Waals surface area contributed by atoms with Crippen LogP contribution in [0.25, 0.3) is 0 Å². The number of carbonyl (C=O) groups excluding carboxylic acids is 4. The summed E-state index contributed by atoms with van der Waals surface area (Å²) in [7, 11) is 0. The van der Waals surface area contributed by atoms with Crippen LogP contribution in [0.5, 0.6) is 0 Å². The normalized spacial score (nSPS) is 18.7. The number of aromatic nitrogens is 3. The molecule has 3 aromatic heterocycles. The fourth-order valence-corrected chi connectivity index (χ4v) is 6.52. The van der Waals surface area contributed by atoms with Crippen LogP contribution in [-0.4, -0.2) is 62.5 Å². The van der Waals surface area contributed by atoms with Gasteiger partial charge in [0.15, 0.2) is 5.69 Å². The maximum absolute atomic E-state index is 13.5. The largest absolute Gasteiger partial charge is 0.443 e. The molecule has 0 unspecified atom stereocenters. The molecule has 236 valence electrons. The second-order valence-corrected chi connectivity index (χ2v) is 12.6. The number of carbonyl (C=O) groups is 4. The Kier molecular flexibility index (Phi) is 10.4. The van der Waals surface area contributed by atoms with Gasteiger partial charge in [-0.25, -0.2) is 14.3 Å². The zero-order valence-corrected chi connectivity index (χ0v) is 26.9. The quantitative estimate of drug-likeness (QED) is 0.298. The smallest absolute Gasteiger partial charge is 0.274 e. The molecule has 4 heterocycles. The van der Waals surface area contributed by atoms with Crippen molar-refractivity contribution in [1.82, 2.24) is 35.2 Å². The second-order valence-electron chi connectivity index (χ2n) is 11.1. The number of rotatable bonds is 4. The van der Waals surface area contributed by atoms with Gasteiger partial charge in [-0.15, -0.1) is 11.3 Å². The fourth-order valence-electron chi connectivity index (χ4n) is 4.98. The van der Waals surface area contributed by atoms with Crippen LogP contribution < -0.4 is 16.0 Å². The first-order valence-corrected chi connectivity index (χ1v) is 16.4. The first kappa shape index (κ1) is 32.0. The van der Waals surface area contributed by atoms with Gasteiger partial charge in [0.2, 0.25) is 11.8 Å². The Bertz CT molecular complexity index is 1630. The van der Waals surface area contributed by atoms with Gasteiger partial charge in [-0.3, -0.25) is 19.2 Å². The molecule has 0 aliphatic carbocycles. The zero-order chi connectivity index (χ0) is 31.9. The van der Waals surface area contributed by atoms with Gasteiger partial charge in [0.1, 0.15) is 22.5 Å². The van der Waals surface area contributed by atoms with Crippen molar-refractivity contribution in [3.63, 3.8) is 0 Å². The van der Waals surface area contributed by atoms with Gasteiger partial charge >= 0.3 is 0 Å². The van der Waals surface area contributed by atoms with E-state index in [-0.39, 0.29) is 60.4 Å². The molecule has 0 saturated carbocycles. The van der Waals surface area contributed by atoms with Gasteiger partial charge in [-0.05, 0) is 36.4 Å². The SMILES string of the molecule is Cc1oc2nc1C(=O)N[C@@H](C(C)C)c1nc(cs1)C(=O)NCCN(C(=O)c1cnsc1)CCCC(=O)N[C@H]2Cc1ccccc1. The van der Waals surface area contributed by atoms with Gasteiger partial charge in [0, 0.05) is 43.2 Å². The minimum atomic E-state index is -0.627. The lowest BCUT2D eigenvalue weighted by Gasteiger charge is -2.23. The first-order chi connectivity index (χ1) is 21.7. The lowest BCUT2D eigenvalue weighted by atomic mass is 10.0. The van der Waals surface area contributed by atoms with Gasteiger partial charge < -0.3 is 25.3 Å². The summed E-state index contributed by atoms with van der Waals surface area (Å²) in [4.78, 5) is 63.6. The van der Waals surface area contributed by atoms with Crippen molar-refractivity contribution in [3.05, 3.63) is 86.5 Å². The first-order valence-electron chi connectivity index (χ1n) is 14.7. The van der Waals surface area contributed by atoms with E-state index in [1.54, 1.807) is 22.6 Å². The van der Waals surface area contributed by atoms with Crippen LogP contribution >= 0.6 is 22.9 Å². The molecule has 4 amide bonds. The summed E-state index contributed by atoms with van der Waals surface area (Å²) in [5.74, 6) is -0.796. The van der Waals surface area contributed by atoms with Crippen LogP contribution in [0.1, 0.15) is 92.3 Å². The third kappa shape index (κ3) is 8.00. The summed E-state index contributed by atoms with van der Waals surface area (Å²) < 4.78 is 10.0. The Labute approximate surface area is 268 Å². The Morgan fingerprint density at radius 2 is 1.87 bits per heavy atom. The molecule has 3 N–H and O–H groups in total. The summed E-state index contributed by atoms with van der Waals surface area (Å²) in [6, 6.07) is 8.52. The number of oxazole rings is 1. The number of amides is 4. The molecule has 0 spiro atoms. The molecule has 0 radical (unpaired) electrons. The molecule has 14 heteroatoms. The molecule has 1 aliphatic heterocycles. The monoisotopic (exact) mass is 649 g/mol. The van der Waals surface area contributed by atoms with E-state index in [1.165, 1.54) is 29.1 Å². The fraction of sp³-hybridized carbons (Fsp3) is 0.387. The van der Waals surface area contributed by atoms with E-state index in [0.717, 1.165) is 5.56 Å². The number of thiazole rings is 1. The number of benzene rings is 1. The minimum Gasteiger partial charge on any atom is -0.443 e. The average Bonchev–Trinajstić information content (AvgIpc) is 3.80. The topological polar surface area (TPSA) is 159 Å². The van der Waals surface area contributed by atoms with Crippen LogP contribution in [0.4, 0.5) is 0 Å². The van der Waals surface area contributed by atoms with Gasteiger partial charge in [-0.2, -0.15) is 0 Å². The van der Waals surface area contributed by atoms with Crippen LogP contribution in [0.3, 0.4) is 0 Å². The van der Waals surface area contributed by atoms with Crippen molar-refractivity contribution < 1.29 is 23.6 Å². The second kappa shape index (κ2) is 14.6. The number of aryl methyl sites for hydroxylation is 1. The highest BCUT2D eigenvalue weighted by atomic mass is 32.1. The van der Waals surface area contributed by atoms with Gasteiger partial charge in [-0.1, -0.05) is 44.2 Å². The van der Waals surface area contributed by atoms with Crippen molar-refractivity contribution in [1.29, 1.82) is 0 Å². The summed E-state index contributed by atoms with van der Waals surface area (Å²) in [6.07, 6.45) is 2.43. The van der Waals surface area contributed by atoms with Crippen LogP contribution in [0.15, 0.2) is 51.7 Å². The molecule has 1 aliphatic rings. The van der Waals surface area contributed by atoms with Crippen LogP contribution in [0.2, 0.25) is 0 Å². The Morgan fingerprint density at radius 3 is 2.60 bits per heavy atom. The van der Waals surface area contributed by atoms with E-state index in [1.807, 2.05) is 44.2 Å². The zero-order valence-electron chi connectivity index (χ0n) is 25.2. The lowest BCUT2D eigenvalue weighted by molar-refractivity contribution is -0.122. The molecule has 12 nitrogen and oxygen atoms in total. The maximum atomic E-state index is 13.5. The molecule has 45 heavy (non-hydrogen) atoms. The van der Waals surface area contributed by atoms with E-state index in [4.69, 9.17) is 4.42 Å². The molecule has 4 bridgehead atoms. The molecular formula is C31H35N7O5S2. The predicted octanol–water partition coefficient (Wildman–Crippen LogP) is 4.09. The predicted molar refractivity (Wildman–Crippen MR) is 169 cm³/mol. The van der Waals surface area contributed by atoms with Gasteiger partial charge in [0.25, 0.3) is 17.7 Å². The molecule has 1 aromatic carbocycles. The maximum Gasteiger partial charge on any atom is 0.274 e. The Morgan fingerprint density at radius 1 is 1.07 bits per heavy atom. The van der Waals surface area contributed by atoms with Gasteiger partial charge in [0.05, 0.1) is 17.8 Å². The molecule has 2 atom stereocenters. The highest BCUT2D eigenvalue weighted by molar-refractivity contribution is 7.10. The standard InChI is InChI=1S/C31H35N7O5S2/c1-18(2)25-30-35-23(17-44-30)27(40)32-11-13-38(31(42)21-15-33-45-16-21)12-7-10-24(39)34-22(14-20-8-5-4-6-9-20)29-37-26(19(3)43-29)28(41)36-25/h4-6,8-9,15-18,22,25H,7,10-14H2,1-3H3,(H,32,40)(H,34,39)(H,36,41)/t22-,25-/m0/s1. The van der Waals surface area contributed by atoms with Crippen LogP contribution in [0, 0.1) is 12.8 Å². The molecule has 0 saturated heterocycles. The molecule has 4 aromatic rings. The Balaban J connectivity index is 1.45. The Hall–Kier alpha value is -4.43. The average molecular weight is 650 g/mol. The summed E-state index contributed by atoms with van der Waals surface area (Å²) in [5.41, 5.74) is 1.75. The van der Waals surface area contributed by atoms with E-state index in [0.29, 0.717) is 35.7 Å². The number of fused-ring (bicyclic) bond motifs is 4. The number of nitrogens with zero attached hydrogens (tertiary/aromatic N) is 4. The number of hydrogen-bond acceptors (Lipinski definition) is 10. The van der Waals surface area contributed by atoms with Crippen molar-refractivity contribution in [3.8, 4) is 0 Å². The molecule has 5 rings (SSSR count). The summed E-state index contributed by atoms with van der Waals surface area (Å²) in [6.45, 7) is 6.28. The molecule has 0 fully saturated rings. The number of hydrogen-bond donors (Lipinski definition) is 3. The number of nitrogens with one attached hydrogen (secondary N) is 3. The summed E-state index contributed by atoms with van der Waals surface area (Å²) in [5, 5.41) is 12.8.